The highest BCUT2D eigenvalue weighted by molar-refractivity contribution is 5.13. The topological polar surface area (TPSA) is 33.9 Å². The van der Waals surface area contributed by atoms with Gasteiger partial charge in [-0.1, -0.05) is 37.3 Å². The van der Waals surface area contributed by atoms with Crippen LogP contribution in [0.25, 0.3) is 0 Å². The summed E-state index contributed by atoms with van der Waals surface area (Å²) in [5.41, 5.74) is 1.16. The van der Waals surface area contributed by atoms with Crippen molar-refractivity contribution in [3.63, 3.8) is 0 Å². The average Bonchev–Trinajstić information content (AvgIpc) is 2.43. The lowest BCUT2D eigenvalue weighted by molar-refractivity contribution is -0.909. The fraction of sp³-hybridized carbons (Fsp3) is 0.625. The monoisotopic (exact) mass is 264 g/mol. The van der Waals surface area contributed by atoms with Gasteiger partial charge < -0.3 is 14.7 Å². The van der Waals surface area contributed by atoms with E-state index in [4.69, 9.17) is 4.74 Å². The summed E-state index contributed by atoms with van der Waals surface area (Å²) in [7, 11) is 0. The molecule has 2 N–H and O–H groups in total. The fourth-order valence-corrected chi connectivity index (χ4v) is 2.65. The lowest BCUT2D eigenvalue weighted by Crippen LogP contribution is -3.14. The summed E-state index contributed by atoms with van der Waals surface area (Å²) in [6, 6.07) is 10.1. The largest absolute Gasteiger partial charge is 0.385 e. The van der Waals surface area contributed by atoms with E-state index in [1.807, 2.05) is 30.3 Å². The second-order valence-electron chi connectivity index (χ2n) is 5.79. The minimum atomic E-state index is -0.341. The van der Waals surface area contributed by atoms with Gasteiger partial charge in [-0.2, -0.15) is 0 Å². The zero-order chi connectivity index (χ0) is 13.5. The van der Waals surface area contributed by atoms with Crippen LogP contribution < -0.4 is 4.90 Å². The molecule has 1 aliphatic rings. The van der Waals surface area contributed by atoms with Crippen LogP contribution in [0.3, 0.4) is 0 Å². The highest BCUT2D eigenvalue weighted by Gasteiger charge is 2.21. The number of rotatable bonds is 6. The Morgan fingerprint density at radius 1 is 1.26 bits per heavy atom. The van der Waals surface area contributed by atoms with Gasteiger partial charge in [0.2, 0.25) is 0 Å². The molecule has 0 unspecified atom stereocenters. The number of aliphatic hydroxyl groups is 1. The number of piperidine rings is 1. The Balaban J connectivity index is 1.61. The molecule has 1 aromatic carbocycles. The quantitative estimate of drug-likeness (QED) is 0.800. The van der Waals surface area contributed by atoms with E-state index in [0.717, 1.165) is 18.0 Å². The maximum absolute atomic E-state index is 10.00. The van der Waals surface area contributed by atoms with Crippen LogP contribution in [0, 0.1) is 5.92 Å². The van der Waals surface area contributed by atoms with Crippen molar-refractivity contribution in [1.29, 1.82) is 0 Å². The van der Waals surface area contributed by atoms with Gasteiger partial charge in [0.05, 0.1) is 26.3 Å². The molecule has 106 valence electrons. The number of benzene rings is 1. The summed E-state index contributed by atoms with van der Waals surface area (Å²) in [4.78, 5) is 1.52. The van der Waals surface area contributed by atoms with Gasteiger partial charge in [0.25, 0.3) is 0 Å². The van der Waals surface area contributed by atoms with Gasteiger partial charge in [-0.05, 0) is 24.3 Å². The van der Waals surface area contributed by atoms with Gasteiger partial charge in [-0.15, -0.1) is 0 Å². The van der Waals surface area contributed by atoms with Crippen molar-refractivity contribution in [3.05, 3.63) is 35.9 Å². The fourth-order valence-electron chi connectivity index (χ4n) is 2.65. The van der Waals surface area contributed by atoms with Gasteiger partial charge in [0.15, 0.2) is 0 Å². The Hall–Kier alpha value is -0.900. The van der Waals surface area contributed by atoms with Crippen LogP contribution in [-0.4, -0.2) is 37.5 Å². The van der Waals surface area contributed by atoms with Gasteiger partial charge in [-0.3, -0.25) is 0 Å². The smallest absolute Gasteiger partial charge is 0.126 e. The lowest BCUT2D eigenvalue weighted by atomic mass is 9.99. The number of nitrogens with one attached hydrogen (secondary N) is 1. The number of aliphatic hydroxyl groups excluding tert-OH is 1. The highest BCUT2D eigenvalue weighted by atomic mass is 16.5. The van der Waals surface area contributed by atoms with Crippen LogP contribution in [0.1, 0.15) is 25.3 Å². The first kappa shape index (κ1) is 14.5. The molecule has 1 aliphatic heterocycles. The second kappa shape index (κ2) is 7.63. The van der Waals surface area contributed by atoms with Crippen molar-refractivity contribution in [1.82, 2.24) is 0 Å². The standard InChI is InChI=1S/C16H25NO2/c1-14-7-9-17(10-8-14)11-16(18)13-19-12-15-5-3-2-4-6-15/h2-6,14,16,18H,7-13H2,1H3/p+1/t16-/m0/s1. The predicted molar refractivity (Wildman–Crippen MR) is 76.1 cm³/mol. The Bertz CT molecular complexity index is 347. The number of hydrogen-bond acceptors (Lipinski definition) is 2. The molecule has 1 atom stereocenters. The van der Waals surface area contributed by atoms with Crippen LogP contribution in [0.15, 0.2) is 30.3 Å². The van der Waals surface area contributed by atoms with Crippen LogP contribution in [0.5, 0.6) is 0 Å². The van der Waals surface area contributed by atoms with Crippen molar-refractivity contribution in [3.8, 4) is 0 Å². The summed E-state index contributed by atoms with van der Waals surface area (Å²) in [6.07, 6.45) is 2.23. The number of ether oxygens (including phenoxy) is 1. The molecule has 0 amide bonds. The van der Waals surface area contributed by atoms with Crippen molar-refractivity contribution >= 4 is 0 Å². The average molecular weight is 264 g/mol. The first-order valence-corrected chi connectivity index (χ1v) is 7.37. The zero-order valence-electron chi connectivity index (χ0n) is 11.8. The normalized spacial score (nSPS) is 25.2. The summed E-state index contributed by atoms with van der Waals surface area (Å²) in [6.45, 7) is 6.55. The molecular formula is C16H26NO2+. The number of quaternary nitrogens is 1. The van der Waals surface area contributed by atoms with E-state index < -0.39 is 0 Å². The molecule has 1 heterocycles. The Morgan fingerprint density at radius 3 is 2.63 bits per heavy atom. The number of hydrogen-bond donors (Lipinski definition) is 2. The zero-order valence-corrected chi connectivity index (χ0v) is 11.8. The summed E-state index contributed by atoms with van der Waals surface area (Å²) in [5, 5.41) is 10.00. The molecular weight excluding hydrogens is 238 g/mol. The van der Waals surface area contributed by atoms with E-state index in [9.17, 15) is 5.11 Å². The van der Waals surface area contributed by atoms with Gasteiger partial charge in [0.1, 0.15) is 12.6 Å². The molecule has 0 bridgehead atoms. The van der Waals surface area contributed by atoms with E-state index in [-0.39, 0.29) is 6.10 Å². The summed E-state index contributed by atoms with van der Waals surface area (Å²) >= 11 is 0. The van der Waals surface area contributed by atoms with Gasteiger partial charge >= 0.3 is 0 Å². The SMILES string of the molecule is CC1CC[NH+](C[C@H](O)COCc2ccccc2)CC1. The minimum Gasteiger partial charge on any atom is -0.385 e. The van der Waals surface area contributed by atoms with Crippen LogP contribution in [0.4, 0.5) is 0 Å². The van der Waals surface area contributed by atoms with E-state index >= 15 is 0 Å². The van der Waals surface area contributed by atoms with Crippen LogP contribution in [0.2, 0.25) is 0 Å². The molecule has 2 rings (SSSR count). The Morgan fingerprint density at radius 2 is 1.95 bits per heavy atom. The van der Waals surface area contributed by atoms with Crippen molar-refractivity contribution in [2.24, 2.45) is 5.92 Å². The molecule has 0 spiro atoms. The molecule has 0 radical (unpaired) electrons. The molecule has 3 nitrogen and oxygen atoms in total. The highest BCUT2D eigenvalue weighted by Crippen LogP contribution is 2.06. The Labute approximate surface area is 116 Å². The summed E-state index contributed by atoms with van der Waals surface area (Å²) < 4.78 is 5.58. The van der Waals surface area contributed by atoms with Crippen molar-refractivity contribution < 1.29 is 14.7 Å². The first-order valence-electron chi connectivity index (χ1n) is 7.37. The third-order valence-corrected chi connectivity index (χ3v) is 3.93. The molecule has 1 fully saturated rings. The first-order chi connectivity index (χ1) is 9.24. The molecule has 3 heteroatoms. The second-order valence-corrected chi connectivity index (χ2v) is 5.79. The molecule has 19 heavy (non-hydrogen) atoms. The molecule has 0 saturated carbocycles. The van der Waals surface area contributed by atoms with Crippen molar-refractivity contribution in [2.45, 2.75) is 32.5 Å². The van der Waals surface area contributed by atoms with E-state index in [1.54, 1.807) is 0 Å². The van der Waals surface area contributed by atoms with Crippen molar-refractivity contribution in [2.75, 3.05) is 26.2 Å². The molecule has 1 saturated heterocycles. The van der Waals surface area contributed by atoms with Gasteiger partial charge in [0, 0.05) is 0 Å². The predicted octanol–water partition coefficient (Wildman–Crippen LogP) is 0.879. The third-order valence-electron chi connectivity index (χ3n) is 3.93. The Kier molecular flexibility index (Phi) is 5.83. The maximum atomic E-state index is 10.00. The van der Waals surface area contributed by atoms with E-state index in [0.29, 0.717) is 13.2 Å². The van der Waals surface area contributed by atoms with Gasteiger partial charge in [-0.25, -0.2) is 0 Å². The number of likely N-dealkylation sites (tertiary alicyclic amines) is 1. The van der Waals surface area contributed by atoms with E-state index in [1.165, 1.54) is 30.8 Å². The minimum absolute atomic E-state index is 0.341. The maximum Gasteiger partial charge on any atom is 0.126 e. The third kappa shape index (κ3) is 5.31. The summed E-state index contributed by atoms with van der Waals surface area (Å²) in [5.74, 6) is 0.857. The molecule has 0 aromatic heterocycles. The molecule has 0 aliphatic carbocycles. The van der Waals surface area contributed by atoms with E-state index in [2.05, 4.69) is 6.92 Å². The molecule has 1 aromatic rings. The van der Waals surface area contributed by atoms with Crippen LogP contribution in [-0.2, 0) is 11.3 Å². The van der Waals surface area contributed by atoms with Crippen LogP contribution >= 0.6 is 0 Å². The lowest BCUT2D eigenvalue weighted by Gasteiger charge is -2.28.